The van der Waals surface area contributed by atoms with Crippen LogP contribution >= 0.6 is 17.6 Å². The fraction of sp³-hybridized carbons (Fsp3) is 0.529. The maximum Gasteiger partial charge on any atom is 0.0910 e. The molecule has 0 aromatic carbocycles. The lowest BCUT2D eigenvalue weighted by atomic mass is 9.98. The second-order valence-electron chi connectivity index (χ2n) is 5.95. The number of hydrogen-bond donors (Lipinski definition) is 0. The van der Waals surface area contributed by atoms with Gasteiger partial charge in [-0.25, -0.2) is 0 Å². The van der Waals surface area contributed by atoms with Gasteiger partial charge in [0.25, 0.3) is 0 Å². The molecule has 4 heteroatoms. The van der Waals surface area contributed by atoms with E-state index in [1.807, 2.05) is 0 Å². The summed E-state index contributed by atoms with van der Waals surface area (Å²) in [6, 6.07) is 0. The van der Waals surface area contributed by atoms with Crippen molar-refractivity contribution in [2.24, 2.45) is 0 Å². The fourth-order valence-electron chi connectivity index (χ4n) is 2.23. The van der Waals surface area contributed by atoms with Gasteiger partial charge in [-0.15, -0.1) is 0 Å². The fourth-order valence-corrected chi connectivity index (χ4v) is 4.39. The van der Waals surface area contributed by atoms with Gasteiger partial charge in [0.15, 0.2) is 0 Å². The van der Waals surface area contributed by atoms with E-state index in [0.29, 0.717) is 17.6 Å². The van der Waals surface area contributed by atoms with Gasteiger partial charge in [0.2, 0.25) is 0 Å². The van der Waals surface area contributed by atoms with E-state index in [2.05, 4.69) is 62.5 Å². The van der Waals surface area contributed by atoms with Crippen molar-refractivity contribution < 1.29 is 9.05 Å². The van der Waals surface area contributed by atoms with Crippen molar-refractivity contribution >= 4 is 17.6 Å². The van der Waals surface area contributed by atoms with Crippen LogP contribution in [0.15, 0.2) is 48.6 Å². The normalized spacial score (nSPS) is 32.1. The van der Waals surface area contributed by atoms with Crippen LogP contribution in [0.2, 0.25) is 0 Å². The highest BCUT2D eigenvalue weighted by Crippen LogP contribution is 2.33. The van der Waals surface area contributed by atoms with Crippen LogP contribution in [0.3, 0.4) is 0 Å². The molecule has 0 radical (unpaired) electrons. The predicted octanol–water partition coefficient (Wildman–Crippen LogP) is 5.15. The first kappa shape index (κ1) is 17.1. The molecule has 2 nitrogen and oxygen atoms in total. The monoisotopic (exact) mass is 324 g/mol. The Kier molecular flexibility index (Phi) is 6.83. The third-order valence-electron chi connectivity index (χ3n) is 3.61. The first-order chi connectivity index (χ1) is 10.1. The van der Waals surface area contributed by atoms with Crippen LogP contribution in [-0.4, -0.2) is 23.5 Å². The van der Waals surface area contributed by atoms with E-state index < -0.39 is 0 Å². The molecule has 4 atom stereocenters. The van der Waals surface area contributed by atoms with Crippen molar-refractivity contribution in [3.63, 3.8) is 0 Å². The minimum Gasteiger partial charge on any atom is -0.352 e. The molecule has 0 amide bonds. The zero-order valence-electron chi connectivity index (χ0n) is 13.0. The third-order valence-corrected chi connectivity index (χ3v) is 5.94. The summed E-state index contributed by atoms with van der Waals surface area (Å²) in [5.41, 5.74) is -0.169. The highest BCUT2D eigenvalue weighted by Gasteiger charge is 2.22. The maximum absolute atomic E-state index is 6.02. The van der Waals surface area contributed by atoms with E-state index in [1.54, 1.807) is 0 Å². The first-order valence-corrected chi connectivity index (χ1v) is 9.86. The summed E-state index contributed by atoms with van der Waals surface area (Å²) < 4.78 is 12.0. The molecule has 4 unspecified atom stereocenters. The minimum absolute atomic E-state index is 0.0846. The second-order valence-corrected chi connectivity index (χ2v) is 7.94. The summed E-state index contributed by atoms with van der Waals surface area (Å²) in [4.78, 5) is 0. The molecule has 0 aromatic rings. The molecule has 116 valence electrons. The summed E-state index contributed by atoms with van der Waals surface area (Å²) in [5, 5.41) is 0. The van der Waals surface area contributed by atoms with Gasteiger partial charge in [0.05, 0.1) is 11.2 Å². The van der Waals surface area contributed by atoms with Crippen molar-refractivity contribution in [2.75, 3.05) is 12.3 Å². The van der Waals surface area contributed by atoms with Crippen LogP contribution in [0.5, 0.6) is 0 Å². The van der Waals surface area contributed by atoms with Gasteiger partial charge >= 0.3 is 0 Å². The summed E-state index contributed by atoms with van der Waals surface area (Å²) >= 11 is 0. The lowest BCUT2D eigenvalue weighted by Crippen LogP contribution is -2.23. The smallest absolute Gasteiger partial charge is 0.0910 e. The molecule has 2 rings (SSSR count). The zero-order valence-corrected chi connectivity index (χ0v) is 15.0. The Morgan fingerprint density at radius 2 is 1.29 bits per heavy atom. The average Bonchev–Trinajstić information content (AvgIpc) is 2.47. The number of hydrogen-bond acceptors (Lipinski definition) is 2. The molecule has 2 aliphatic rings. The van der Waals surface area contributed by atoms with Crippen molar-refractivity contribution in [3.05, 3.63) is 48.6 Å². The van der Waals surface area contributed by atoms with Crippen LogP contribution in [0.4, 0.5) is 0 Å². The van der Waals surface area contributed by atoms with Gasteiger partial charge in [0.1, 0.15) is 0 Å². The van der Waals surface area contributed by atoms with Gasteiger partial charge in [-0.3, -0.25) is 0 Å². The minimum atomic E-state index is -0.0846. The molecule has 0 spiro atoms. The van der Waals surface area contributed by atoms with Crippen LogP contribution in [0, 0.1) is 0 Å². The summed E-state index contributed by atoms with van der Waals surface area (Å²) in [6.45, 7) is 4.32. The Labute approximate surface area is 132 Å². The average molecular weight is 324 g/mol. The third kappa shape index (κ3) is 6.17. The molecule has 21 heavy (non-hydrogen) atoms. The lowest BCUT2D eigenvalue weighted by Gasteiger charge is -2.27. The van der Waals surface area contributed by atoms with E-state index in [0.717, 1.165) is 25.2 Å². The number of rotatable bonds is 8. The predicted molar refractivity (Wildman–Crippen MR) is 95.8 cm³/mol. The molecule has 0 aliphatic heterocycles. The summed E-state index contributed by atoms with van der Waals surface area (Å²) in [6.07, 6.45) is 22.4. The largest absolute Gasteiger partial charge is 0.352 e. The van der Waals surface area contributed by atoms with E-state index in [4.69, 9.17) is 9.05 Å². The van der Waals surface area contributed by atoms with Crippen LogP contribution < -0.4 is 0 Å². The van der Waals surface area contributed by atoms with Gasteiger partial charge in [-0.1, -0.05) is 48.6 Å². The molecule has 0 aromatic heterocycles. The Bertz CT molecular complexity index is 402. The molecular formula is C17H26O2P2. The van der Waals surface area contributed by atoms with Crippen molar-refractivity contribution in [3.8, 4) is 0 Å². The molecular weight excluding hydrogens is 298 g/mol. The molecule has 0 N–H and O–H groups in total. The van der Waals surface area contributed by atoms with Gasteiger partial charge in [0, 0.05) is 17.6 Å². The van der Waals surface area contributed by atoms with E-state index in [-0.39, 0.29) is 11.2 Å². The maximum atomic E-state index is 6.02. The van der Waals surface area contributed by atoms with E-state index >= 15 is 0 Å². The molecule has 0 heterocycles. The van der Waals surface area contributed by atoms with Gasteiger partial charge < -0.3 is 9.05 Å². The number of allylic oxidation sites excluding steroid dienone is 4. The Hall–Kier alpha value is -0.260. The molecule has 0 fully saturated rings. The van der Waals surface area contributed by atoms with E-state index in [1.165, 1.54) is 6.42 Å². The highest BCUT2D eigenvalue weighted by atomic mass is 31.1. The molecule has 0 bridgehead atoms. The topological polar surface area (TPSA) is 18.5 Å². The Morgan fingerprint density at radius 3 is 1.67 bits per heavy atom. The van der Waals surface area contributed by atoms with Crippen LogP contribution in [0.25, 0.3) is 0 Å². The Balaban J connectivity index is 1.51. The van der Waals surface area contributed by atoms with E-state index in [9.17, 15) is 0 Å². The van der Waals surface area contributed by atoms with Crippen LogP contribution in [0.1, 0.15) is 33.1 Å². The second kappa shape index (κ2) is 8.39. The first-order valence-electron chi connectivity index (χ1n) is 7.62. The Morgan fingerprint density at radius 1 is 0.810 bits per heavy atom. The van der Waals surface area contributed by atoms with Gasteiger partial charge in [-0.05, 0) is 45.4 Å². The zero-order chi connectivity index (χ0) is 15.0. The molecule has 0 saturated carbocycles. The van der Waals surface area contributed by atoms with Gasteiger partial charge in [-0.2, -0.15) is 0 Å². The quantitative estimate of drug-likeness (QED) is 0.454. The standard InChI is InChI=1S/C17H26O2P2/c1-16(10-5-3-6-11-16)18-20-14-9-15-21-19-17(2)12-7-4-8-13-17/h3-8,10,12,20-21H,9,11,13-15H2,1-2H3. The van der Waals surface area contributed by atoms with Crippen molar-refractivity contribution in [2.45, 2.75) is 44.3 Å². The van der Waals surface area contributed by atoms with Crippen LogP contribution in [-0.2, 0) is 9.05 Å². The summed E-state index contributed by atoms with van der Waals surface area (Å²) in [5.74, 6) is 0. The highest BCUT2D eigenvalue weighted by molar-refractivity contribution is 7.33. The van der Waals surface area contributed by atoms with Crippen molar-refractivity contribution in [1.82, 2.24) is 0 Å². The SMILES string of the molecule is CC1(OPCCCPOC2(C)C=CC=CC2)C=CC=CC1. The lowest BCUT2D eigenvalue weighted by molar-refractivity contribution is 0.169. The molecule has 2 aliphatic carbocycles. The molecule has 0 saturated heterocycles. The summed E-state index contributed by atoms with van der Waals surface area (Å²) in [7, 11) is 1.16. The van der Waals surface area contributed by atoms with Crippen molar-refractivity contribution in [1.29, 1.82) is 0 Å².